The van der Waals surface area contributed by atoms with Crippen LogP contribution in [-0.2, 0) is 0 Å². The largest absolute Gasteiger partial charge is 0.393 e. The minimum Gasteiger partial charge on any atom is -0.393 e. The maximum Gasteiger partial charge on any atom is 0.0849 e. The number of rotatable bonds is 5. The van der Waals surface area contributed by atoms with Gasteiger partial charge in [0.2, 0.25) is 0 Å². The van der Waals surface area contributed by atoms with Crippen LogP contribution in [0.1, 0.15) is 120 Å². The zero-order valence-electron chi connectivity index (χ0n) is 22.8. The molecule has 2 fully saturated rings. The van der Waals surface area contributed by atoms with Gasteiger partial charge in [0.05, 0.1) is 17.8 Å². The van der Waals surface area contributed by atoms with Crippen molar-refractivity contribution in [2.75, 3.05) is 0 Å². The SMILES string of the molecule is C[C@H](CC[C@H](O)C(C)(C)O)[C@@H]1CC[C@]2(C)C3=C(CC[C@@]12C)[C@@]1(C)CC[C@H](O)C(C)(C)[C@@H]1CC3. The first-order valence-electron chi connectivity index (χ1n) is 13.9. The molecule has 4 aliphatic carbocycles. The van der Waals surface area contributed by atoms with Gasteiger partial charge >= 0.3 is 0 Å². The summed E-state index contributed by atoms with van der Waals surface area (Å²) >= 11 is 0. The van der Waals surface area contributed by atoms with E-state index in [-0.39, 0.29) is 22.3 Å². The molecule has 0 aromatic rings. The fraction of sp³-hybridized carbons (Fsp3) is 0.933. The molecule has 4 aliphatic rings. The number of aliphatic hydroxyl groups excluding tert-OH is 2. The normalized spacial score (nSPS) is 44.6. The molecule has 0 amide bonds. The van der Waals surface area contributed by atoms with E-state index in [0.717, 1.165) is 19.3 Å². The Morgan fingerprint density at radius 2 is 1.58 bits per heavy atom. The average Bonchev–Trinajstić information content (AvgIpc) is 3.00. The van der Waals surface area contributed by atoms with Crippen molar-refractivity contribution in [3.63, 3.8) is 0 Å². The molecular formula is C30H52O3. The lowest BCUT2D eigenvalue weighted by molar-refractivity contribution is -0.0964. The highest BCUT2D eigenvalue weighted by molar-refractivity contribution is 5.38. The molecular weight excluding hydrogens is 408 g/mol. The van der Waals surface area contributed by atoms with Gasteiger partial charge in [0, 0.05) is 0 Å². The quantitative estimate of drug-likeness (QED) is 0.403. The minimum atomic E-state index is -1.02. The van der Waals surface area contributed by atoms with Crippen molar-refractivity contribution in [3.8, 4) is 0 Å². The fourth-order valence-electron chi connectivity index (χ4n) is 9.60. The second-order valence-electron chi connectivity index (χ2n) is 14.5. The Bertz CT molecular complexity index is 791. The van der Waals surface area contributed by atoms with Gasteiger partial charge in [0.1, 0.15) is 0 Å². The topological polar surface area (TPSA) is 60.7 Å². The van der Waals surface area contributed by atoms with Gasteiger partial charge in [-0.2, -0.15) is 0 Å². The maximum atomic E-state index is 10.8. The summed E-state index contributed by atoms with van der Waals surface area (Å²) in [7, 11) is 0. The monoisotopic (exact) mass is 460 g/mol. The van der Waals surface area contributed by atoms with Crippen LogP contribution in [0.25, 0.3) is 0 Å². The molecule has 0 spiro atoms. The molecule has 0 radical (unpaired) electrons. The van der Waals surface area contributed by atoms with E-state index in [1.54, 1.807) is 25.0 Å². The highest BCUT2D eigenvalue weighted by atomic mass is 16.3. The average molecular weight is 461 g/mol. The van der Waals surface area contributed by atoms with Crippen molar-refractivity contribution < 1.29 is 15.3 Å². The number of hydrogen-bond donors (Lipinski definition) is 3. The number of aliphatic hydroxyl groups is 3. The van der Waals surface area contributed by atoms with Crippen LogP contribution in [0.2, 0.25) is 0 Å². The Labute approximate surface area is 203 Å². The summed E-state index contributed by atoms with van der Waals surface area (Å²) in [6, 6.07) is 0. The van der Waals surface area contributed by atoms with Crippen LogP contribution >= 0.6 is 0 Å². The smallest absolute Gasteiger partial charge is 0.0849 e. The van der Waals surface area contributed by atoms with E-state index in [4.69, 9.17) is 0 Å². The lowest BCUT2D eigenvalue weighted by Gasteiger charge is -2.62. The van der Waals surface area contributed by atoms with Crippen molar-refractivity contribution in [1.29, 1.82) is 0 Å². The number of allylic oxidation sites excluding steroid dienone is 2. The second-order valence-corrected chi connectivity index (χ2v) is 14.5. The molecule has 190 valence electrons. The molecule has 2 saturated carbocycles. The highest BCUT2D eigenvalue weighted by Crippen LogP contribution is 2.72. The molecule has 0 aromatic heterocycles. The van der Waals surface area contributed by atoms with E-state index >= 15 is 0 Å². The van der Waals surface area contributed by atoms with Gasteiger partial charge in [0.25, 0.3) is 0 Å². The van der Waals surface area contributed by atoms with Gasteiger partial charge in [0.15, 0.2) is 0 Å². The van der Waals surface area contributed by atoms with E-state index < -0.39 is 11.7 Å². The first kappa shape index (κ1) is 25.7. The van der Waals surface area contributed by atoms with Crippen LogP contribution in [0, 0.1) is 39.4 Å². The van der Waals surface area contributed by atoms with Crippen LogP contribution in [0.4, 0.5) is 0 Å². The van der Waals surface area contributed by atoms with Gasteiger partial charge in [-0.25, -0.2) is 0 Å². The van der Waals surface area contributed by atoms with Crippen LogP contribution in [0.5, 0.6) is 0 Å². The lowest BCUT2D eigenvalue weighted by Crippen LogP contribution is -2.55. The van der Waals surface area contributed by atoms with Gasteiger partial charge in [-0.05, 0) is 117 Å². The van der Waals surface area contributed by atoms with Crippen molar-refractivity contribution in [3.05, 3.63) is 11.1 Å². The molecule has 33 heavy (non-hydrogen) atoms. The zero-order chi connectivity index (χ0) is 24.6. The van der Waals surface area contributed by atoms with Gasteiger partial charge in [-0.3, -0.25) is 0 Å². The molecule has 0 bridgehead atoms. The van der Waals surface area contributed by atoms with Crippen molar-refractivity contribution in [1.82, 2.24) is 0 Å². The Balaban J connectivity index is 1.60. The third kappa shape index (κ3) is 3.70. The third-order valence-electron chi connectivity index (χ3n) is 12.2. The van der Waals surface area contributed by atoms with Crippen molar-refractivity contribution >= 4 is 0 Å². The minimum absolute atomic E-state index is 0.00122. The van der Waals surface area contributed by atoms with Gasteiger partial charge in [-0.1, -0.05) is 52.7 Å². The van der Waals surface area contributed by atoms with Crippen LogP contribution in [0.15, 0.2) is 11.1 Å². The van der Waals surface area contributed by atoms with E-state index in [9.17, 15) is 15.3 Å². The molecule has 4 rings (SSSR count). The van der Waals surface area contributed by atoms with Crippen LogP contribution in [0.3, 0.4) is 0 Å². The number of fused-ring (bicyclic) bond motifs is 4. The summed E-state index contributed by atoms with van der Waals surface area (Å²) in [5, 5.41) is 31.4. The molecule has 0 heterocycles. The Kier molecular flexibility index (Phi) is 6.28. The molecule has 3 N–H and O–H groups in total. The number of hydrogen-bond acceptors (Lipinski definition) is 3. The van der Waals surface area contributed by atoms with Gasteiger partial charge < -0.3 is 15.3 Å². The van der Waals surface area contributed by atoms with E-state index in [0.29, 0.717) is 29.6 Å². The highest BCUT2D eigenvalue weighted by Gasteiger charge is 2.63. The molecule has 0 aromatic carbocycles. The Morgan fingerprint density at radius 3 is 2.21 bits per heavy atom. The van der Waals surface area contributed by atoms with Crippen molar-refractivity contribution in [2.24, 2.45) is 39.4 Å². The lowest BCUT2D eigenvalue weighted by atomic mass is 9.43. The van der Waals surface area contributed by atoms with Crippen LogP contribution < -0.4 is 0 Å². The Morgan fingerprint density at radius 1 is 0.909 bits per heavy atom. The molecule has 0 saturated heterocycles. The van der Waals surface area contributed by atoms with Crippen LogP contribution in [-0.4, -0.2) is 33.1 Å². The van der Waals surface area contributed by atoms with E-state index in [2.05, 4.69) is 41.5 Å². The maximum absolute atomic E-state index is 10.8. The summed E-state index contributed by atoms with van der Waals surface area (Å²) in [6.45, 7) is 18.2. The molecule has 0 aliphatic heterocycles. The molecule has 3 nitrogen and oxygen atoms in total. The van der Waals surface area contributed by atoms with E-state index in [1.807, 2.05) is 0 Å². The second kappa shape index (κ2) is 8.07. The summed E-state index contributed by atoms with van der Waals surface area (Å²) in [5.41, 5.74) is 3.41. The van der Waals surface area contributed by atoms with E-state index in [1.165, 1.54) is 38.5 Å². The fourth-order valence-corrected chi connectivity index (χ4v) is 9.60. The Hall–Kier alpha value is -0.380. The first-order chi connectivity index (χ1) is 15.1. The molecule has 0 unspecified atom stereocenters. The molecule has 8 atom stereocenters. The summed E-state index contributed by atoms with van der Waals surface area (Å²) < 4.78 is 0. The first-order valence-corrected chi connectivity index (χ1v) is 13.9. The zero-order valence-corrected chi connectivity index (χ0v) is 22.8. The predicted octanol–water partition coefficient (Wildman–Crippen LogP) is 6.64. The molecule has 3 heteroatoms. The summed E-state index contributed by atoms with van der Waals surface area (Å²) in [5.74, 6) is 1.83. The third-order valence-corrected chi connectivity index (χ3v) is 12.2. The summed E-state index contributed by atoms with van der Waals surface area (Å²) in [4.78, 5) is 0. The van der Waals surface area contributed by atoms with Crippen molar-refractivity contribution in [2.45, 2.75) is 137 Å². The standard InChI is InChI=1S/C30H52O3/c1-19(9-12-25(32)27(4,5)33)20-13-17-30(8)22-10-11-23-26(2,3)24(31)15-16-28(23,6)21(22)14-18-29(20,30)7/h19-20,23-25,31-33H,9-18H2,1-8H3/t19-,20+,23+,24+,25+,28-,29+,30-/m1/s1. The predicted molar refractivity (Wildman–Crippen MR) is 136 cm³/mol. The summed E-state index contributed by atoms with van der Waals surface area (Å²) in [6.07, 6.45) is 10.5. The van der Waals surface area contributed by atoms with Gasteiger partial charge in [-0.15, -0.1) is 0 Å².